The van der Waals surface area contributed by atoms with Crippen LogP contribution in [0.1, 0.15) is 75.8 Å². The minimum atomic E-state index is -2.00. The van der Waals surface area contributed by atoms with Crippen molar-refractivity contribution >= 4 is 17.3 Å². The van der Waals surface area contributed by atoms with Gasteiger partial charge in [0.2, 0.25) is 5.78 Å². The highest BCUT2D eigenvalue weighted by molar-refractivity contribution is 6.31. The van der Waals surface area contributed by atoms with E-state index in [0.29, 0.717) is 0 Å². The maximum atomic E-state index is 13.6. The summed E-state index contributed by atoms with van der Waals surface area (Å²) in [4.78, 5) is 39.6. The first-order chi connectivity index (χ1) is 17.9. The van der Waals surface area contributed by atoms with Gasteiger partial charge in [0, 0.05) is 42.0 Å². The maximum Gasteiger partial charge on any atom is 0.202 e. The van der Waals surface area contributed by atoms with E-state index in [0.717, 1.165) is 0 Å². The van der Waals surface area contributed by atoms with Gasteiger partial charge in [0.15, 0.2) is 17.9 Å². The molecular formula is C27H29NO10. The Morgan fingerprint density at radius 3 is 2.45 bits per heavy atom. The van der Waals surface area contributed by atoms with Crippen molar-refractivity contribution in [2.24, 2.45) is 5.73 Å². The quantitative estimate of drug-likeness (QED) is 0.305. The van der Waals surface area contributed by atoms with Gasteiger partial charge in [-0.05, 0) is 19.9 Å². The molecule has 6 N–H and O–H groups in total. The first-order valence-corrected chi connectivity index (χ1v) is 12.2. The molecule has 2 aromatic rings. The lowest BCUT2D eigenvalue weighted by Crippen LogP contribution is -2.52. The molecule has 2 aliphatic carbocycles. The van der Waals surface area contributed by atoms with Gasteiger partial charge in [0.05, 0.1) is 42.1 Å². The number of aliphatic hydroxyl groups excluding tert-OH is 1. The molecular weight excluding hydrogens is 498 g/mol. The zero-order chi connectivity index (χ0) is 27.7. The average molecular weight is 528 g/mol. The van der Waals surface area contributed by atoms with Crippen LogP contribution in [0.25, 0.3) is 0 Å². The molecule has 38 heavy (non-hydrogen) atoms. The number of aliphatic hydroxyl groups is 2. The number of carbonyl (C=O) groups excluding carboxylic acids is 3. The smallest absolute Gasteiger partial charge is 0.202 e. The zero-order valence-electron chi connectivity index (χ0n) is 21.1. The molecule has 0 spiro atoms. The maximum absolute atomic E-state index is 13.6. The summed E-state index contributed by atoms with van der Waals surface area (Å²) in [5.74, 6) is -3.18. The van der Waals surface area contributed by atoms with Crippen LogP contribution in [0.4, 0.5) is 0 Å². The second kappa shape index (κ2) is 9.14. The van der Waals surface area contributed by atoms with Crippen molar-refractivity contribution in [2.45, 2.75) is 69.4 Å². The van der Waals surface area contributed by atoms with Crippen molar-refractivity contribution in [3.63, 3.8) is 0 Å². The molecule has 1 aliphatic heterocycles. The number of fused-ring (bicyclic) bond motifs is 3. The van der Waals surface area contributed by atoms with Gasteiger partial charge in [-0.3, -0.25) is 14.4 Å². The molecule has 11 heteroatoms. The van der Waals surface area contributed by atoms with Gasteiger partial charge in [0.1, 0.15) is 22.8 Å². The van der Waals surface area contributed by atoms with Gasteiger partial charge in [-0.25, -0.2) is 0 Å². The number of hydrogen-bond donors (Lipinski definition) is 5. The van der Waals surface area contributed by atoms with E-state index in [4.69, 9.17) is 19.9 Å². The molecule has 0 aromatic heterocycles. The van der Waals surface area contributed by atoms with Crippen molar-refractivity contribution in [1.82, 2.24) is 0 Å². The molecule has 0 amide bonds. The number of methoxy groups -OCH3 is 1. The fourth-order valence-corrected chi connectivity index (χ4v) is 5.66. The summed E-state index contributed by atoms with van der Waals surface area (Å²) in [6.07, 6.45) is -4.53. The molecule has 202 valence electrons. The third-order valence-electron chi connectivity index (χ3n) is 7.80. The molecule has 1 heterocycles. The van der Waals surface area contributed by atoms with Crippen LogP contribution in [0.15, 0.2) is 18.2 Å². The number of carbonyl (C=O) groups is 3. The fourth-order valence-electron chi connectivity index (χ4n) is 5.66. The Bertz CT molecular complexity index is 1360. The van der Waals surface area contributed by atoms with E-state index < -0.39 is 82.6 Å². The molecule has 0 radical (unpaired) electrons. The number of ether oxygens (including phenoxy) is 3. The number of ketones is 3. The van der Waals surface area contributed by atoms with Crippen LogP contribution >= 0.6 is 0 Å². The number of hydrogen-bond acceptors (Lipinski definition) is 11. The highest BCUT2D eigenvalue weighted by Crippen LogP contribution is 2.52. The minimum absolute atomic E-state index is 0.0147. The zero-order valence-corrected chi connectivity index (χ0v) is 21.1. The predicted octanol–water partition coefficient (Wildman–Crippen LogP) is 1.03. The molecule has 4 unspecified atom stereocenters. The topological polar surface area (TPSA) is 186 Å². The summed E-state index contributed by atoms with van der Waals surface area (Å²) in [6.45, 7) is 2.79. The standard InChI is InChI=1S/C27H29NO10/c1-10-22(30)14(28)7-17(37-10)38-16-9-27(35,11(2)29)8-13-19(16)26(34)21-20(24(13)32)23(31)12-5-4-6-15(36-3)18(12)25(21)33/h4-6,10,14,16-17,22,30,32,34-35H,7-9,28H2,1-3H3/t10?,14?,16?,17-,22?,27-/m0/s1. The molecule has 5 rings (SSSR count). The number of phenols is 2. The highest BCUT2D eigenvalue weighted by Gasteiger charge is 2.49. The predicted molar refractivity (Wildman–Crippen MR) is 130 cm³/mol. The third kappa shape index (κ3) is 3.81. The van der Waals surface area contributed by atoms with Gasteiger partial charge >= 0.3 is 0 Å². The van der Waals surface area contributed by atoms with E-state index in [9.17, 15) is 34.8 Å². The van der Waals surface area contributed by atoms with Gasteiger partial charge in [-0.15, -0.1) is 0 Å². The van der Waals surface area contributed by atoms with Crippen LogP contribution in [-0.4, -0.2) is 75.0 Å². The summed E-state index contributed by atoms with van der Waals surface area (Å²) in [6, 6.07) is 3.75. The largest absolute Gasteiger partial charge is 0.507 e. The molecule has 3 aliphatic rings. The van der Waals surface area contributed by atoms with Crippen molar-refractivity contribution in [3.8, 4) is 17.2 Å². The van der Waals surface area contributed by atoms with E-state index in [-0.39, 0.29) is 40.8 Å². The Morgan fingerprint density at radius 1 is 1.13 bits per heavy atom. The number of benzene rings is 2. The first-order valence-electron chi connectivity index (χ1n) is 12.2. The van der Waals surface area contributed by atoms with Crippen molar-refractivity contribution in [2.75, 3.05) is 7.11 Å². The second-order valence-corrected chi connectivity index (χ2v) is 10.1. The van der Waals surface area contributed by atoms with Crippen LogP contribution < -0.4 is 10.5 Å². The van der Waals surface area contributed by atoms with Crippen molar-refractivity contribution in [3.05, 3.63) is 51.6 Å². The summed E-state index contributed by atoms with van der Waals surface area (Å²) in [5, 5.41) is 44.1. The first kappa shape index (κ1) is 26.3. The molecule has 0 bridgehead atoms. The fraction of sp³-hybridized carbons (Fsp3) is 0.444. The Balaban J connectivity index is 1.68. The Hall–Kier alpha value is -3.35. The van der Waals surface area contributed by atoms with E-state index in [1.165, 1.54) is 32.2 Å². The average Bonchev–Trinajstić information content (AvgIpc) is 2.87. The summed E-state index contributed by atoms with van der Waals surface area (Å²) in [7, 11) is 1.34. The monoisotopic (exact) mass is 527 g/mol. The number of Topliss-reactive ketones (excluding diaryl/α,β-unsaturated/α-hetero) is 1. The van der Waals surface area contributed by atoms with Gasteiger partial charge in [-0.2, -0.15) is 0 Å². The van der Waals surface area contributed by atoms with Crippen LogP contribution in [0.2, 0.25) is 0 Å². The van der Waals surface area contributed by atoms with E-state index in [1.807, 2.05) is 0 Å². The number of phenolic OH excluding ortho intramolecular Hbond substituents is 2. The lowest BCUT2D eigenvalue weighted by atomic mass is 9.72. The van der Waals surface area contributed by atoms with Crippen molar-refractivity contribution < 1.29 is 49.0 Å². The van der Waals surface area contributed by atoms with Crippen LogP contribution in [0.3, 0.4) is 0 Å². The number of nitrogens with two attached hydrogens (primary N) is 1. The molecule has 1 fully saturated rings. The SMILES string of the molecule is COc1cccc2c1C(=O)c1c(O)c3c(c(O)c1C2=O)C[C@@](O)(C(C)=O)CC3O[C@H]1CC(N)C(O)C(C)O1. The number of aromatic hydroxyl groups is 2. The highest BCUT2D eigenvalue weighted by atomic mass is 16.7. The summed E-state index contributed by atoms with van der Waals surface area (Å²) >= 11 is 0. The van der Waals surface area contributed by atoms with Crippen molar-refractivity contribution in [1.29, 1.82) is 0 Å². The summed E-state index contributed by atoms with van der Waals surface area (Å²) < 4.78 is 17.1. The Morgan fingerprint density at radius 2 is 1.82 bits per heavy atom. The van der Waals surface area contributed by atoms with Gasteiger partial charge in [-0.1, -0.05) is 12.1 Å². The number of rotatable bonds is 4. The molecule has 11 nitrogen and oxygen atoms in total. The molecule has 0 saturated carbocycles. The van der Waals surface area contributed by atoms with Gasteiger partial charge in [0.25, 0.3) is 0 Å². The van der Waals surface area contributed by atoms with E-state index in [1.54, 1.807) is 6.92 Å². The molecule has 1 saturated heterocycles. The molecule has 6 atom stereocenters. The summed E-state index contributed by atoms with van der Waals surface area (Å²) in [5.41, 5.74) is 2.97. The Labute approximate surface area is 217 Å². The molecule has 2 aromatic carbocycles. The normalized spacial score (nSPS) is 30.3. The third-order valence-corrected chi connectivity index (χ3v) is 7.80. The minimum Gasteiger partial charge on any atom is -0.507 e. The van der Waals surface area contributed by atoms with E-state index >= 15 is 0 Å². The van der Waals surface area contributed by atoms with Gasteiger partial charge < -0.3 is 40.4 Å². The lowest BCUT2D eigenvalue weighted by Gasteiger charge is -2.42. The van der Waals surface area contributed by atoms with E-state index in [2.05, 4.69) is 0 Å². The van der Waals surface area contributed by atoms with Crippen LogP contribution in [0, 0.1) is 0 Å². The Kier molecular flexibility index (Phi) is 6.32. The van der Waals surface area contributed by atoms with Crippen LogP contribution in [-0.2, 0) is 20.7 Å². The second-order valence-electron chi connectivity index (χ2n) is 10.1. The van der Waals surface area contributed by atoms with Crippen LogP contribution in [0.5, 0.6) is 17.2 Å². The lowest BCUT2D eigenvalue weighted by molar-refractivity contribution is -0.247.